The van der Waals surface area contributed by atoms with Gasteiger partial charge in [0.2, 0.25) is 10.0 Å². The first-order valence-electron chi connectivity index (χ1n) is 8.39. The van der Waals surface area contributed by atoms with E-state index in [1.165, 1.54) is 6.07 Å². The number of hydrogen-bond acceptors (Lipinski definition) is 3. The molecular weight excluding hydrogens is 377 g/mol. The minimum Gasteiger partial charge on any atom is -0.250 e. The molecule has 1 aliphatic rings. The van der Waals surface area contributed by atoms with Crippen LogP contribution >= 0.6 is 0 Å². The third-order valence-corrected chi connectivity index (χ3v) is 6.32. The van der Waals surface area contributed by atoms with Gasteiger partial charge in [0.15, 0.2) is 5.69 Å². The van der Waals surface area contributed by atoms with Crippen molar-refractivity contribution in [3.63, 3.8) is 0 Å². The maximum atomic E-state index is 13.1. The third-order valence-electron chi connectivity index (χ3n) is 4.42. The van der Waals surface area contributed by atoms with Crippen LogP contribution in [0.2, 0.25) is 0 Å². The van der Waals surface area contributed by atoms with Crippen molar-refractivity contribution in [2.24, 2.45) is 0 Å². The Morgan fingerprint density at radius 3 is 2.33 bits per heavy atom. The Morgan fingerprint density at radius 1 is 1.11 bits per heavy atom. The van der Waals surface area contributed by atoms with Crippen molar-refractivity contribution >= 4 is 15.6 Å². The zero-order valence-electron chi connectivity index (χ0n) is 14.9. The highest BCUT2D eigenvalue weighted by Crippen LogP contribution is 2.34. The molecule has 1 aliphatic heterocycles. The summed E-state index contributed by atoms with van der Waals surface area (Å²) in [6, 6.07) is 8.24. The van der Waals surface area contributed by atoms with Gasteiger partial charge in [-0.25, -0.2) is 8.42 Å². The highest BCUT2D eigenvalue weighted by Gasteiger charge is 2.40. The minimum atomic E-state index is -4.83. The Hall–Kier alpha value is -2.19. The van der Waals surface area contributed by atoms with Crippen LogP contribution in [0, 0.1) is 13.8 Å². The molecule has 2 heterocycles. The predicted molar refractivity (Wildman–Crippen MR) is 96.5 cm³/mol. The first-order chi connectivity index (χ1) is 12.6. The van der Waals surface area contributed by atoms with Crippen molar-refractivity contribution in [2.45, 2.75) is 31.3 Å². The summed E-state index contributed by atoms with van der Waals surface area (Å²) >= 11 is 0. The SMILES string of the molecule is Cc1cc(C)cc(C2=CCN(S(=O)(=O)c3cccnc3C(F)(F)F)CC2)c1. The molecule has 0 saturated carbocycles. The van der Waals surface area contributed by atoms with Crippen molar-refractivity contribution in [1.82, 2.24) is 9.29 Å². The second-order valence-electron chi connectivity index (χ2n) is 6.57. The Labute approximate surface area is 156 Å². The number of aryl methyl sites for hydroxylation is 2. The summed E-state index contributed by atoms with van der Waals surface area (Å²) in [5.74, 6) is 0. The zero-order valence-corrected chi connectivity index (χ0v) is 15.7. The number of hydrogen-bond donors (Lipinski definition) is 0. The summed E-state index contributed by atoms with van der Waals surface area (Å²) in [6.45, 7) is 4.11. The normalized spacial score (nSPS) is 16.3. The number of nitrogens with zero attached hydrogens (tertiary/aromatic N) is 2. The van der Waals surface area contributed by atoms with Crippen LogP contribution in [-0.2, 0) is 16.2 Å². The van der Waals surface area contributed by atoms with Gasteiger partial charge in [-0.3, -0.25) is 4.98 Å². The molecule has 0 spiro atoms. The monoisotopic (exact) mass is 396 g/mol. The number of halogens is 3. The van der Waals surface area contributed by atoms with Crippen molar-refractivity contribution < 1.29 is 21.6 Å². The van der Waals surface area contributed by atoms with E-state index in [1.54, 1.807) is 6.08 Å². The minimum absolute atomic E-state index is 0.0247. The predicted octanol–water partition coefficient (Wildman–Crippen LogP) is 4.20. The number of benzene rings is 1. The van der Waals surface area contributed by atoms with Crippen LogP contribution in [0.15, 0.2) is 47.5 Å². The summed E-state index contributed by atoms with van der Waals surface area (Å²) < 4.78 is 66.0. The van der Waals surface area contributed by atoms with Crippen molar-refractivity contribution in [3.05, 3.63) is 65.0 Å². The van der Waals surface area contributed by atoms with E-state index in [0.717, 1.165) is 38.8 Å². The standard InChI is InChI=1S/C19H19F3N2O2S/c1-13-10-14(2)12-16(11-13)15-5-8-24(9-6-15)27(25,26)17-4-3-7-23-18(17)19(20,21)22/h3-5,7,10-12H,6,8-9H2,1-2H3. The Bertz CT molecular complexity index is 978. The maximum Gasteiger partial charge on any atom is 0.434 e. The molecule has 0 N–H and O–H groups in total. The molecule has 0 amide bonds. The van der Waals surface area contributed by atoms with Crippen LogP contribution in [-0.4, -0.2) is 30.8 Å². The molecule has 4 nitrogen and oxygen atoms in total. The van der Waals surface area contributed by atoms with E-state index in [0.29, 0.717) is 6.42 Å². The smallest absolute Gasteiger partial charge is 0.250 e. The molecule has 8 heteroatoms. The fraction of sp³-hybridized carbons (Fsp3) is 0.316. The summed E-state index contributed by atoms with van der Waals surface area (Å²) in [5, 5.41) is 0. The fourth-order valence-electron chi connectivity index (χ4n) is 3.24. The van der Waals surface area contributed by atoms with Gasteiger partial charge >= 0.3 is 6.18 Å². The maximum absolute atomic E-state index is 13.1. The molecule has 0 fully saturated rings. The van der Waals surface area contributed by atoms with Crippen molar-refractivity contribution in [2.75, 3.05) is 13.1 Å². The molecule has 144 valence electrons. The molecular formula is C19H19F3N2O2S. The zero-order chi connectivity index (χ0) is 19.8. The van der Waals surface area contributed by atoms with Gasteiger partial charge in [-0.15, -0.1) is 0 Å². The third kappa shape index (κ3) is 4.06. The van der Waals surface area contributed by atoms with E-state index in [2.05, 4.69) is 4.98 Å². The van der Waals surface area contributed by atoms with E-state index in [1.807, 2.05) is 32.0 Å². The molecule has 0 radical (unpaired) electrons. The summed E-state index contributed by atoms with van der Waals surface area (Å²) in [6.07, 6.45) is -1.70. The lowest BCUT2D eigenvalue weighted by molar-refractivity contribution is -0.143. The molecule has 0 saturated heterocycles. The van der Waals surface area contributed by atoms with Crippen LogP contribution in [0.5, 0.6) is 0 Å². The van der Waals surface area contributed by atoms with E-state index in [4.69, 9.17) is 0 Å². The van der Waals surface area contributed by atoms with Crippen LogP contribution in [0.1, 0.15) is 28.8 Å². The first-order valence-corrected chi connectivity index (χ1v) is 9.83. The molecule has 2 aromatic rings. The van der Waals surface area contributed by atoms with E-state index in [-0.39, 0.29) is 13.1 Å². The lowest BCUT2D eigenvalue weighted by Gasteiger charge is -2.27. The second kappa shape index (κ2) is 7.09. The van der Waals surface area contributed by atoms with Crippen LogP contribution in [0.3, 0.4) is 0 Å². The Balaban J connectivity index is 1.90. The molecule has 1 aromatic heterocycles. The first kappa shape index (κ1) is 19.6. The molecule has 1 aromatic carbocycles. The van der Waals surface area contributed by atoms with Gasteiger partial charge in [-0.2, -0.15) is 17.5 Å². The molecule has 0 bridgehead atoms. The molecule has 0 aliphatic carbocycles. The lowest BCUT2D eigenvalue weighted by atomic mass is 9.97. The van der Waals surface area contributed by atoms with Gasteiger partial charge < -0.3 is 0 Å². The van der Waals surface area contributed by atoms with Crippen LogP contribution in [0.4, 0.5) is 13.2 Å². The fourth-order valence-corrected chi connectivity index (χ4v) is 4.79. The van der Waals surface area contributed by atoms with E-state index >= 15 is 0 Å². The highest BCUT2D eigenvalue weighted by atomic mass is 32.2. The van der Waals surface area contributed by atoms with E-state index in [9.17, 15) is 21.6 Å². The number of rotatable bonds is 3. The topological polar surface area (TPSA) is 50.3 Å². The molecule has 27 heavy (non-hydrogen) atoms. The van der Waals surface area contributed by atoms with Crippen LogP contribution in [0.25, 0.3) is 5.57 Å². The van der Waals surface area contributed by atoms with Crippen molar-refractivity contribution in [3.8, 4) is 0 Å². The van der Waals surface area contributed by atoms with Crippen LogP contribution < -0.4 is 0 Å². The largest absolute Gasteiger partial charge is 0.434 e. The highest BCUT2D eigenvalue weighted by molar-refractivity contribution is 7.89. The van der Waals surface area contributed by atoms with Gasteiger partial charge in [-0.1, -0.05) is 35.4 Å². The number of aromatic nitrogens is 1. The summed E-state index contributed by atoms with van der Waals surface area (Å²) in [5.41, 5.74) is 2.84. The van der Waals surface area contributed by atoms with Gasteiger partial charge in [0.25, 0.3) is 0 Å². The van der Waals surface area contributed by atoms with Gasteiger partial charge in [0.05, 0.1) is 0 Å². The second-order valence-corrected chi connectivity index (χ2v) is 8.47. The van der Waals surface area contributed by atoms with Gasteiger partial charge in [-0.05, 0) is 43.5 Å². The molecule has 0 atom stereocenters. The van der Waals surface area contributed by atoms with Crippen molar-refractivity contribution in [1.29, 1.82) is 0 Å². The average Bonchev–Trinajstić information content (AvgIpc) is 2.60. The summed E-state index contributed by atoms with van der Waals surface area (Å²) in [4.78, 5) is 2.44. The number of sulfonamides is 1. The number of alkyl halides is 3. The van der Waals surface area contributed by atoms with Gasteiger partial charge in [0.1, 0.15) is 4.90 Å². The number of pyridine rings is 1. The lowest BCUT2D eigenvalue weighted by Crippen LogP contribution is -2.36. The average molecular weight is 396 g/mol. The quantitative estimate of drug-likeness (QED) is 0.782. The summed E-state index contributed by atoms with van der Waals surface area (Å²) in [7, 11) is -4.29. The Morgan fingerprint density at radius 2 is 1.78 bits per heavy atom. The molecule has 3 rings (SSSR count). The van der Waals surface area contributed by atoms with Gasteiger partial charge in [0, 0.05) is 19.3 Å². The Kier molecular flexibility index (Phi) is 5.14. The van der Waals surface area contributed by atoms with E-state index < -0.39 is 26.8 Å². The molecule has 0 unspecified atom stereocenters.